The summed E-state index contributed by atoms with van der Waals surface area (Å²) in [4.78, 5) is 38.0. The lowest BCUT2D eigenvalue weighted by Gasteiger charge is -2.18. The standard InChI is InChI=1S/C56H108O6/c1-6-7-8-9-10-11-12-13-14-15-16-17-18-21-24-27-30-36-41-46-54(57)60-49-53(62-56(59)48-43-38-33-32-35-40-45-52(4)5)50-61-55(58)47-42-37-31-28-25-22-19-20-23-26-29-34-39-44-51(2)3/h51-53H,6-50H2,1-5H3/t53-/m0/s1. The van der Waals surface area contributed by atoms with Gasteiger partial charge in [0.25, 0.3) is 0 Å². The minimum Gasteiger partial charge on any atom is -0.462 e. The normalized spacial score (nSPS) is 12.0. The summed E-state index contributed by atoms with van der Waals surface area (Å²) in [6.45, 7) is 11.3. The molecule has 0 aromatic rings. The molecule has 0 unspecified atom stereocenters. The van der Waals surface area contributed by atoms with E-state index >= 15 is 0 Å². The van der Waals surface area contributed by atoms with Crippen molar-refractivity contribution in [3.8, 4) is 0 Å². The van der Waals surface area contributed by atoms with Crippen molar-refractivity contribution in [1.82, 2.24) is 0 Å². The maximum atomic E-state index is 12.7. The van der Waals surface area contributed by atoms with Crippen LogP contribution < -0.4 is 0 Å². The third-order valence-corrected chi connectivity index (χ3v) is 12.7. The molecule has 0 fully saturated rings. The molecule has 6 heteroatoms. The first-order valence-corrected chi connectivity index (χ1v) is 27.7. The van der Waals surface area contributed by atoms with Crippen molar-refractivity contribution < 1.29 is 28.6 Å². The van der Waals surface area contributed by atoms with E-state index in [2.05, 4.69) is 34.6 Å². The number of ether oxygens (including phenoxy) is 3. The van der Waals surface area contributed by atoms with Crippen LogP contribution in [0.4, 0.5) is 0 Å². The monoisotopic (exact) mass is 877 g/mol. The second-order valence-electron chi connectivity index (χ2n) is 20.2. The molecular weight excluding hydrogens is 769 g/mol. The average molecular weight is 877 g/mol. The van der Waals surface area contributed by atoms with Crippen molar-refractivity contribution in [2.24, 2.45) is 11.8 Å². The third kappa shape index (κ3) is 49.4. The number of hydrogen-bond donors (Lipinski definition) is 0. The van der Waals surface area contributed by atoms with Crippen molar-refractivity contribution in [3.05, 3.63) is 0 Å². The first-order chi connectivity index (χ1) is 30.2. The highest BCUT2D eigenvalue weighted by Gasteiger charge is 2.19. The van der Waals surface area contributed by atoms with Gasteiger partial charge in [-0.15, -0.1) is 0 Å². The summed E-state index contributed by atoms with van der Waals surface area (Å²) in [5, 5.41) is 0. The van der Waals surface area contributed by atoms with Crippen LogP contribution in [0.25, 0.3) is 0 Å². The first kappa shape index (κ1) is 60.4. The predicted molar refractivity (Wildman–Crippen MR) is 266 cm³/mol. The van der Waals surface area contributed by atoms with Gasteiger partial charge in [-0.3, -0.25) is 14.4 Å². The van der Waals surface area contributed by atoms with Gasteiger partial charge < -0.3 is 14.2 Å². The number of esters is 3. The molecule has 0 spiro atoms. The molecule has 0 saturated heterocycles. The minimum absolute atomic E-state index is 0.0644. The number of hydrogen-bond acceptors (Lipinski definition) is 6. The van der Waals surface area contributed by atoms with Crippen LogP contribution in [-0.4, -0.2) is 37.2 Å². The van der Waals surface area contributed by atoms with E-state index in [-0.39, 0.29) is 31.1 Å². The largest absolute Gasteiger partial charge is 0.462 e. The van der Waals surface area contributed by atoms with Gasteiger partial charge in [0.1, 0.15) is 13.2 Å². The Hall–Kier alpha value is -1.59. The van der Waals surface area contributed by atoms with Crippen LogP contribution in [0.5, 0.6) is 0 Å². The fourth-order valence-corrected chi connectivity index (χ4v) is 8.52. The van der Waals surface area contributed by atoms with E-state index in [4.69, 9.17) is 14.2 Å². The van der Waals surface area contributed by atoms with Crippen molar-refractivity contribution in [2.75, 3.05) is 13.2 Å². The molecule has 0 aromatic heterocycles. The zero-order valence-electron chi connectivity index (χ0n) is 42.5. The first-order valence-electron chi connectivity index (χ1n) is 27.7. The lowest BCUT2D eigenvalue weighted by Crippen LogP contribution is -2.30. The number of unbranched alkanes of at least 4 members (excludes halogenated alkanes) is 35. The van der Waals surface area contributed by atoms with Crippen molar-refractivity contribution in [2.45, 2.75) is 317 Å². The van der Waals surface area contributed by atoms with Gasteiger partial charge in [-0.1, -0.05) is 272 Å². The summed E-state index contributed by atoms with van der Waals surface area (Å²) in [7, 11) is 0. The quantitative estimate of drug-likeness (QED) is 0.0344. The van der Waals surface area contributed by atoms with Crippen LogP contribution in [0.2, 0.25) is 0 Å². The van der Waals surface area contributed by atoms with Gasteiger partial charge in [0, 0.05) is 19.3 Å². The maximum absolute atomic E-state index is 12.7. The molecule has 0 heterocycles. The zero-order chi connectivity index (χ0) is 45.4. The van der Waals surface area contributed by atoms with Gasteiger partial charge in [0.05, 0.1) is 0 Å². The van der Waals surface area contributed by atoms with Gasteiger partial charge in [0.15, 0.2) is 6.10 Å². The Balaban J connectivity index is 4.19. The van der Waals surface area contributed by atoms with Crippen molar-refractivity contribution >= 4 is 17.9 Å². The Morgan fingerprint density at radius 2 is 0.532 bits per heavy atom. The molecule has 0 bridgehead atoms. The molecule has 6 nitrogen and oxygen atoms in total. The molecule has 0 N–H and O–H groups in total. The lowest BCUT2D eigenvalue weighted by atomic mass is 10.0. The fourth-order valence-electron chi connectivity index (χ4n) is 8.52. The molecule has 0 aliphatic heterocycles. The Kier molecular flexibility index (Phi) is 47.6. The topological polar surface area (TPSA) is 78.9 Å². The summed E-state index contributed by atoms with van der Waals surface area (Å²) in [5.74, 6) is 0.749. The van der Waals surface area contributed by atoms with Gasteiger partial charge in [-0.05, 0) is 31.1 Å². The van der Waals surface area contributed by atoms with E-state index in [1.807, 2.05) is 0 Å². The molecular formula is C56H108O6. The SMILES string of the molecule is CCCCCCCCCCCCCCCCCCCCCC(=O)OC[C@@H](COC(=O)CCCCCCCCCCCCCCCC(C)C)OC(=O)CCCCCCCCC(C)C. The van der Waals surface area contributed by atoms with Gasteiger partial charge >= 0.3 is 17.9 Å². The fraction of sp³-hybridized carbons (Fsp3) is 0.946. The Labute approximate surface area is 387 Å². The highest BCUT2D eigenvalue weighted by Crippen LogP contribution is 2.18. The number of rotatable bonds is 50. The molecule has 1 atom stereocenters. The van der Waals surface area contributed by atoms with Crippen LogP contribution in [-0.2, 0) is 28.6 Å². The van der Waals surface area contributed by atoms with Crippen LogP contribution in [0.3, 0.4) is 0 Å². The second-order valence-corrected chi connectivity index (χ2v) is 20.2. The number of carbonyl (C=O) groups excluding carboxylic acids is 3. The van der Waals surface area contributed by atoms with Crippen LogP contribution in [0, 0.1) is 11.8 Å². The average Bonchev–Trinajstić information content (AvgIpc) is 3.24. The highest BCUT2D eigenvalue weighted by atomic mass is 16.6. The Morgan fingerprint density at radius 3 is 0.790 bits per heavy atom. The van der Waals surface area contributed by atoms with Crippen LogP contribution in [0.15, 0.2) is 0 Å². The summed E-state index contributed by atoms with van der Waals surface area (Å²) in [6.07, 6.45) is 51.1. The smallest absolute Gasteiger partial charge is 0.306 e. The van der Waals surface area contributed by atoms with E-state index in [0.717, 1.165) is 69.6 Å². The molecule has 0 rings (SSSR count). The zero-order valence-corrected chi connectivity index (χ0v) is 42.5. The number of carbonyl (C=O) groups is 3. The lowest BCUT2D eigenvalue weighted by molar-refractivity contribution is -0.167. The van der Waals surface area contributed by atoms with E-state index in [0.29, 0.717) is 19.3 Å². The van der Waals surface area contributed by atoms with Crippen LogP contribution >= 0.6 is 0 Å². The highest BCUT2D eigenvalue weighted by molar-refractivity contribution is 5.71. The van der Waals surface area contributed by atoms with Gasteiger partial charge in [-0.25, -0.2) is 0 Å². The Bertz CT molecular complexity index is 947. The predicted octanol–water partition coefficient (Wildman–Crippen LogP) is 18.1. The molecule has 0 aliphatic carbocycles. The summed E-state index contributed by atoms with van der Waals surface area (Å²) < 4.78 is 16.8. The van der Waals surface area contributed by atoms with Crippen molar-refractivity contribution in [1.29, 1.82) is 0 Å². The third-order valence-electron chi connectivity index (χ3n) is 12.7. The molecule has 0 radical (unpaired) electrons. The molecule has 0 saturated carbocycles. The van der Waals surface area contributed by atoms with E-state index in [9.17, 15) is 14.4 Å². The molecule has 0 aliphatic rings. The van der Waals surface area contributed by atoms with Gasteiger partial charge in [0.2, 0.25) is 0 Å². The van der Waals surface area contributed by atoms with E-state index < -0.39 is 6.10 Å². The van der Waals surface area contributed by atoms with E-state index in [1.165, 1.54) is 199 Å². The molecule has 0 amide bonds. The molecule has 368 valence electrons. The molecule has 62 heavy (non-hydrogen) atoms. The minimum atomic E-state index is -0.763. The maximum Gasteiger partial charge on any atom is 0.306 e. The Morgan fingerprint density at radius 1 is 0.306 bits per heavy atom. The molecule has 0 aromatic carbocycles. The second kappa shape index (κ2) is 48.9. The summed E-state index contributed by atoms with van der Waals surface area (Å²) >= 11 is 0. The van der Waals surface area contributed by atoms with Crippen molar-refractivity contribution in [3.63, 3.8) is 0 Å². The van der Waals surface area contributed by atoms with E-state index in [1.54, 1.807) is 0 Å². The summed E-state index contributed by atoms with van der Waals surface area (Å²) in [5.41, 5.74) is 0. The summed E-state index contributed by atoms with van der Waals surface area (Å²) in [6, 6.07) is 0. The van der Waals surface area contributed by atoms with Crippen LogP contribution in [0.1, 0.15) is 311 Å². The van der Waals surface area contributed by atoms with Gasteiger partial charge in [-0.2, -0.15) is 0 Å².